The molecule has 2 heteroatoms. The Bertz CT molecular complexity index is 508. The van der Waals surface area contributed by atoms with E-state index in [0.29, 0.717) is 6.61 Å². The summed E-state index contributed by atoms with van der Waals surface area (Å²) in [6, 6.07) is 16.0. The van der Waals surface area contributed by atoms with E-state index in [0.717, 1.165) is 11.3 Å². The molecule has 0 amide bonds. The van der Waals surface area contributed by atoms with Gasteiger partial charge in [-0.05, 0) is 42.7 Å². The largest absolute Gasteiger partial charge is 0.492 e. The van der Waals surface area contributed by atoms with E-state index < -0.39 is 0 Å². The number of hydrogen-bond acceptors (Lipinski definition) is 2. The topological polar surface area (TPSA) is 35.2 Å². The third-order valence-corrected chi connectivity index (χ3v) is 3.14. The number of rotatable bonds is 4. The zero-order valence-corrected chi connectivity index (χ0v) is 10.9. The zero-order valence-electron chi connectivity index (χ0n) is 10.9. The molecule has 0 bridgehead atoms. The second-order valence-corrected chi connectivity index (χ2v) is 4.57. The van der Waals surface area contributed by atoms with Crippen molar-refractivity contribution in [1.29, 1.82) is 0 Å². The first-order valence-corrected chi connectivity index (χ1v) is 6.17. The predicted molar refractivity (Wildman–Crippen MR) is 74.8 cm³/mol. The molecule has 0 aliphatic rings. The van der Waals surface area contributed by atoms with Crippen molar-refractivity contribution in [3.05, 3.63) is 65.2 Å². The Balaban J connectivity index is 1.97. The maximum Gasteiger partial charge on any atom is 0.119 e. The van der Waals surface area contributed by atoms with Crippen LogP contribution >= 0.6 is 0 Å². The van der Waals surface area contributed by atoms with Crippen molar-refractivity contribution in [2.24, 2.45) is 5.73 Å². The van der Waals surface area contributed by atoms with Crippen molar-refractivity contribution < 1.29 is 4.74 Å². The van der Waals surface area contributed by atoms with Gasteiger partial charge in [0.2, 0.25) is 0 Å². The van der Waals surface area contributed by atoms with Gasteiger partial charge in [0, 0.05) is 0 Å². The van der Waals surface area contributed by atoms with Crippen molar-refractivity contribution in [3.8, 4) is 5.75 Å². The van der Waals surface area contributed by atoms with Crippen LogP contribution in [0.4, 0.5) is 0 Å². The van der Waals surface area contributed by atoms with Gasteiger partial charge >= 0.3 is 0 Å². The highest BCUT2D eigenvalue weighted by atomic mass is 16.5. The van der Waals surface area contributed by atoms with Crippen molar-refractivity contribution in [3.63, 3.8) is 0 Å². The molecule has 2 rings (SSSR count). The standard InChI is InChI=1S/C16H19NO/c1-12-8-9-15(10-13(12)2)18-11-16(17)14-6-4-3-5-7-14/h3-10,16H,11,17H2,1-2H3. The molecule has 0 aromatic heterocycles. The molecule has 0 fully saturated rings. The molecule has 2 aromatic rings. The van der Waals surface area contributed by atoms with Gasteiger partial charge in [-0.1, -0.05) is 36.4 Å². The SMILES string of the molecule is Cc1ccc(OCC(N)c2ccccc2)cc1C. The highest BCUT2D eigenvalue weighted by molar-refractivity contribution is 5.34. The molecule has 1 unspecified atom stereocenters. The van der Waals surface area contributed by atoms with Crippen LogP contribution in [0.15, 0.2) is 48.5 Å². The minimum absolute atomic E-state index is 0.0900. The monoisotopic (exact) mass is 241 g/mol. The molecule has 18 heavy (non-hydrogen) atoms. The fourth-order valence-electron chi connectivity index (χ4n) is 1.79. The Morgan fingerprint density at radius 3 is 2.39 bits per heavy atom. The van der Waals surface area contributed by atoms with Crippen LogP contribution in [0.25, 0.3) is 0 Å². The molecule has 94 valence electrons. The maximum atomic E-state index is 6.09. The van der Waals surface area contributed by atoms with E-state index >= 15 is 0 Å². The smallest absolute Gasteiger partial charge is 0.119 e. The second-order valence-electron chi connectivity index (χ2n) is 4.57. The fraction of sp³-hybridized carbons (Fsp3) is 0.250. The number of aryl methyl sites for hydroxylation is 2. The van der Waals surface area contributed by atoms with E-state index in [9.17, 15) is 0 Å². The van der Waals surface area contributed by atoms with Crippen molar-refractivity contribution in [2.45, 2.75) is 19.9 Å². The molecule has 0 radical (unpaired) electrons. The lowest BCUT2D eigenvalue weighted by Gasteiger charge is -2.14. The fourth-order valence-corrected chi connectivity index (χ4v) is 1.79. The molecule has 0 aliphatic heterocycles. The van der Waals surface area contributed by atoms with Crippen LogP contribution in [-0.4, -0.2) is 6.61 Å². The summed E-state index contributed by atoms with van der Waals surface area (Å²) < 4.78 is 5.73. The Kier molecular flexibility index (Phi) is 4.00. The van der Waals surface area contributed by atoms with Crippen LogP contribution in [-0.2, 0) is 0 Å². The maximum absolute atomic E-state index is 6.09. The van der Waals surface area contributed by atoms with Crippen LogP contribution < -0.4 is 10.5 Å². The van der Waals surface area contributed by atoms with Gasteiger partial charge in [-0.15, -0.1) is 0 Å². The van der Waals surface area contributed by atoms with Crippen molar-refractivity contribution in [2.75, 3.05) is 6.61 Å². The summed E-state index contributed by atoms with van der Waals surface area (Å²) in [7, 11) is 0. The van der Waals surface area contributed by atoms with E-state index in [4.69, 9.17) is 10.5 Å². The van der Waals surface area contributed by atoms with Gasteiger partial charge in [0.05, 0.1) is 6.04 Å². The Morgan fingerprint density at radius 2 is 1.72 bits per heavy atom. The number of hydrogen-bond donors (Lipinski definition) is 1. The first-order chi connectivity index (χ1) is 8.66. The second kappa shape index (κ2) is 5.69. The Hall–Kier alpha value is -1.80. The Labute approximate surface area is 108 Å². The third-order valence-electron chi connectivity index (χ3n) is 3.14. The summed E-state index contributed by atoms with van der Waals surface area (Å²) in [4.78, 5) is 0. The van der Waals surface area contributed by atoms with Crippen LogP contribution in [0, 0.1) is 13.8 Å². The van der Waals surface area contributed by atoms with Crippen LogP contribution in [0.2, 0.25) is 0 Å². The summed E-state index contributed by atoms with van der Waals surface area (Å²) in [6.45, 7) is 4.67. The lowest BCUT2D eigenvalue weighted by atomic mass is 10.1. The molecule has 2 N–H and O–H groups in total. The molecular formula is C16H19NO. The summed E-state index contributed by atoms with van der Waals surface area (Å²) in [5, 5.41) is 0. The summed E-state index contributed by atoms with van der Waals surface area (Å²) >= 11 is 0. The molecule has 2 nitrogen and oxygen atoms in total. The normalized spacial score (nSPS) is 12.2. The minimum atomic E-state index is -0.0900. The van der Waals surface area contributed by atoms with Crippen LogP contribution in [0.3, 0.4) is 0 Å². The van der Waals surface area contributed by atoms with E-state index in [1.165, 1.54) is 11.1 Å². The highest BCUT2D eigenvalue weighted by Crippen LogP contribution is 2.18. The molecule has 1 atom stereocenters. The van der Waals surface area contributed by atoms with Gasteiger partial charge < -0.3 is 10.5 Å². The lowest BCUT2D eigenvalue weighted by Crippen LogP contribution is -2.18. The first-order valence-electron chi connectivity index (χ1n) is 6.17. The quantitative estimate of drug-likeness (QED) is 0.890. The Morgan fingerprint density at radius 1 is 1.00 bits per heavy atom. The molecule has 0 aliphatic carbocycles. The van der Waals surface area contributed by atoms with Crippen molar-refractivity contribution in [1.82, 2.24) is 0 Å². The van der Waals surface area contributed by atoms with Gasteiger partial charge in [-0.25, -0.2) is 0 Å². The van der Waals surface area contributed by atoms with Crippen LogP contribution in [0.5, 0.6) is 5.75 Å². The van der Waals surface area contributed by atoms with Gasteiger partial charge in [-0.2, -0.15) is 0 Å². The van der Waals surface area contributed by atoms with E-state index in [-0.39, 0.29) is 6.04 Å². The molecule has 0 heterocycles. The average Bonchev–Trinajstić information content (AvgIpc) is 2.41. The minimum Gasteiger partial charge on any atom is -0.492 e. The van der Waals surface area contributed by atoms with E-state index in [1.54, 1.807) is 0 Å². The molecular weight excluding hydrogens is 222 g/mol. The summed E-state index contributed by atoms with van der Waals surface area (Å²) in [5.41, 5.74) is 9.69. The van der Waals surface area contributed by atoms with Gasteiger partial charge in [0.1, 0.15) is 12.4 Å². The predicted octanol–water partition coefficient (Wildman–Crippen LogP) is 3.38. The number of nitrogens with two attached hydrogens (primary N) is 1. The summed E-state index contributed by atoms with van der Waals surface area (Å²) in [5.74, 6) is 0.879. The average molecular weight is 241 g/mol. The van der Waals surface area contributed by atoms with Gasteiger partial charge in [0.25, 0.3) is 0 Å². The summed E-state index contributed by atoms with van der Waals surface area (Å²) in [6.07, 6.45) is 0. The lowest BCUT2D eigenvalue weighted by molar-refractivity contribution is 0.290. The van der Waals surface area contributed by atoms with E-state index in [1.807, 2.05) is 42.5 Å². The first kappa shape index (κ1) is 12.7. The third kappa shape index (κ3) is 3.11. The van der Waals surface area contributed by atoms with Gasteiger partial charge in [0.15, 0.2) is 0 Å². The van der Waals surface area contributed by atoms with Gasteiger partial charge in [-0.3, -0.25) is 0 Å². The number of ether oxygens (including phenoxy) is 1. The van der Waals surface area contributed by atoms with E-state index in [2.05, 4.69) is 19.9 Å². The molecule has 0 spiro atoms. The van der Waals surface area contributed by atoms with Crippen LogP contribution in [0.1, 0.15) is 22.7 Å². The molecule has 2 aromatic carbocycles. The zero-order chi connectivity index (χ0) is 13.0. The molecule has 0 saturated carbocycles. The highest BCUT2D eigenvalue weighted by Gasteiger charge is 2.06. The molecule has 0 saturated heterocycles. The number of benzene rings is 2. The van der Waals surface area contributed by atoms with Crippen molar-refractivity contribution >= 4 is 0 Å².